The predicted octanol–water partition coefficient (Wildman–Crippen LogP) is 3.77. The van der Waals surface area contributed by atoms with Crippen LogP contribution in [-0.2, 0) is 6.54 Å². The summed E-state index contributed by atoms with van der Waals surface area (Å²) in [6.07, 6.45) is 4.96. The number of nitrogens with one attached hydrogen (secondary N) is 2. The number of carbonyl (C=O) groups is 2. The lowest BCUT2D eigenvalue weighted by atomic mass is 10.1. The number of carbonyl (C=O) groups excluding carboxylic acids is 2. The summed E-state index contributed by atoms with van der Waals surface area (Å²) in [5.41, 5.74) is 2.06. The Morgan fingerprint density at radius 3 is 2.72 bits per heavy atom. The number of rotatable bonds is 6. The quantitative estimate of drug-likeness (QED) is 0.410. The van der Waals surface area contributed by atoms with Crippen LogP contribution in [0.3, 0.4) is 0 Å². The van der Waals surface area contributed by atoms with E-state index in [1.807, 2.05) is 6.92 Å². The summed E-state index contributed by atoms with van der Waals surface area (Å²) in [7, 11) is 3.28. The van der Waals surface area contributed by atoms with Crippen LogP contribution in [0.2, 0.25) is 5.02 Å². The minimum Gasteiger partial charge on any atom is -0.346 e. The highest BCUT2D eigenvalue weighted by Crippen LogP contribution is 2.26. The number of nitriles is 1. The predicted molar refractivity (Wildman–Crippen MR) is 132 cm³/mol. The van der Waals surface area contributed by atoms with E-state index in [-0.39, 0.29) is 34.3 Å². The molecular weight excluding hydrogens is 487 g/mol. The molecule has 0 saturated heterocycles. The first-order chi connectivity index (χ1) is 17.1. The topological polar surface area (TPSA) is 120 Å². The molecule has 1 unspecified atom stereocenters. The lowest BCUT2D eigenvalue weighted by Crippen LogP contribution is -2.36. The van der Waals surface area contributed by atoms with Crippen LogP contribution in [0.15, 0.2) is 48.9 Å². The summed E-state index contributed by atoms with van der Waals surface area (Å²) >= 11 is 5.99. The van der Waals surface area contributed by atoms with Crippen LogP contribution in [0.1, 0.15) is 23.0 Å². The van der Waals surface area contributed by atoms with Gasteiger partial charge in [-0.15, -0.1) is 0 Å². The minimum atomic E-state index is -0.713. The van der Waals surface area contributed by atoms with Gasteiger partial charge in [-0.2, -0.15) is 10.4 Å². The fraction of sp³-hybridized carbons (Fsp3) is 0.208. The van der Waals surface area contributed by atoms with Crippen molar-refractivity contribution in [2.75, 3.05) is 19.4 Å². The van der Waals surface area contributed by atoms with Gasteiger partial charge in [0.2, 0.25) is 0 Å². The average Bonchev–Trinajstić information content (AvgIpc) is 3.45. The maximum Gasteiger partial charge on any atom is 0.321 e. The summed E-state index contributed by atoms with van der Waals surface area (Å²) in [4.78, 5) is 30.4. The lowest BCUT2D eigenvalue weighted by molar-refractivity contribution is 0.0931. The number of hydrogen-bond acceptors (Lipinski definition) is 5. The van der Waals surface area contributed by atoms with Gasteiger partial charge >= 0.3 is 6.03 Å². The Morgan fingerprint density at radius 2 is 2.03 bits per heavy atom. The molecule has 0 spiro atoms. The summed E-state index contributed by atoms with van der Waals surface area (Å²) in [5.74, 6) is -1.08. The van der Waals surface area contributed by atoms with Gasteiger partial charge in [-0.25, -0.2) is 14.2 Å². The molecule has 0 aliphatic rings. The number of anilines is 1. The molecule has 3 amide bonds. The largest absolute Gasteiger partial charge is 0.346 e. The maximum atomic E-state index is 14.1. The molecule has 0 bridgehead atoms. The molecule has 2 N–H and O–H groups in total. The van der Waals surface area contributed by atoms with Crippen molar-refractivity contribution in [2.45, 2.75) is 19.5 Å². The Hall–Kier alpha value is -4.43. The number of nitrogens with zero attached hydrogens (tertiary/aromatic N) is 6. The van der Waals surface area contributed by atoms with E-state index >= 15 is 0 Å². The molecule has 36 heavy (non-hydrogen) atoms. The van der Waals surface area contributed by atoms with Gasteiger partial charge in [-0.3, -0.25) is 9.48 Å². The maximum absolute atomic E-state index is 14.1. The Bertz CT molecular complexity index is 1480. The van der Waals surface area contributed by atoms with Crippen LogP contribution >= 0.6 is 11.6 Å². The number of pyridine rings is 1. The van der Waals surface area contributed by atoms with E-state index in [0.29, 0.717) is 29.1 Å². The van der Waals surface area contributed by atoms with Gasteiger partial charge in [0.1, 0.15) is 28.8 Å². The van der Waals surface area contributed by atoms with Gasteiger partial charge < -0.3 is 19.9 Å². The molecule has 0 radical (unpaired) electrons. The van der Waals surface area contributed by atoms with E-state index in [4.69, 9.17) is 16.9 Å². The minimum absolute atomic E-state index is 0.0161. The highest BCUT2D eigenvalue weighted by molar-refractivity contribution is 6.32. The molecule has 12 heteroatoms. The van der Waals surface area contributed by atoms with Gasteiger partial charge in [0.25, 0.3) is 5.91 Å². The molecule has 10 nitrogen and oxygen atoms in total. The van der Waals surface area contributed by atoms with Crippen molar-refractivity contribution in [3.05, 3.63) is 71.0 Å². The fourth-order valence-corrected chi connectivity index (χ4v) is 3.73. The first-order valence-electron chi connectivity index (χ1n) is 10.9. The standard InChI is InChI=1S/C24H22ClFN8O2/c1-14(11-34-7-6-20(31-34)15-8-18(25)17(10-27)19(26)9-15)28-23(35)21-13-33-12-16(4-5-22(33)30-21)29-24(36)32(2)3/h4-9,12-14H,11H2,1-3H3,(H,28,35)(H,29,36). The second-order valence-corrected chi connectivity index (χ2v) is 8.77. The van der Waals surface area contributed by atoms with Crippen molar-refractivity contribution in [1.29, 1.82) is 5.26 Å². The summed E-state index contributed by atoms with van der Waals surface area (Å²) in [6.45, 7) is 2.18. The number of urea groups is 1. The number of amides is 3. The van der Waals surface area contributed by atoms with Crippen LogP contribution in [0.5, 0.6) is 0 Å². The molecule has 4 aromatic rings. The highest BCUT2D eigenvalue weighted by Gasteiger charge is 2.16. The molecule has 0 aliphatic carbocycles. The number of hydrogen-bond donors (Lipinski definition) is 2. The van der Waals surface area contributed by atoms with Crippen LogP contribution < -0.4 is 10.6 Å². The molecule has 0 fully saturated rings. The van der Waals surface area contributed by atoms with E-state index in [2.05, 4.69) is 20.7 Å². The molecule has 4 rings (SSSR count). The molecule has 0 aliphatic heterocycles. The third-order valence-corrected chi connectivity index (χ3v) is 5.57. The Morgan fingerprint density at radius 1 is 1.25 bits per heavy atom. The number of imidazole rings is 1. The van der Waals surface area contributed by atoms with Crippen molar-refractivity contribution < 1.29 is 14.0 Å². The monoisotopic (exact) mass is 508 g/mol. The van der Waals surface area contributed by atoms with E-state index in [1.54, 1.807) is 66.0 Å². The smallest absolute Gasteiger partial charge is 0.321 e. The zero-order chi connectivity index (χ0) is 26.0. The van der Waals surface area contributed by atoms with Gasteiger partial charge in [0.05, 0.1) is 22.9 Å². The molecule has 3 aromatic heterocycles. The first-order valence-corrected chi connectivity index (χ1v) is 11.2. The lowest BCUT2D eigenvalue weighted by Gasteiger charge is -2.13. The zero-order valence-corrected chi connectivity index (χ0v) is 20.4. The van der Waals surface area contributed by atoms with E-state index < -0.39 is 5.82 Å². The molecule has 184 valence electrons. The Labute approximate surface area is 210 Å². The Kier molecular flexibility index (Phi) is 6.89. The molecule has 1 atom stereocenters. The van der Waals surface area contributed by atoms with E-state index in [1.165, 1.54) is 17.0 Å². The SMILES string of the molecule is CC(Cn1ccc(-c2cc(F)c(C#N)c(Cl)c2)n1)NC(=O)c1cn2cc(NC(=O)N(C)C)ccc2n1. The third-order valence-electron chi connectivity index (χ3n) is 5.27. The van der Waals surface area contributed by atoms with Crippen molar-refractivity contribution >= 4 is 34.9 Å². The molecular formula is C24H22ClFN8O2. The van der Waals surface area contributed by atoms with Gasteiger partial charge in [-0.05, 0) is 37.3 Å². The average molecular weight is 509 g/mol. The van der Waals surface area contributed by atoms with E-state index in [9.17, 15) is 14.0 Å². The summed E-state index contributed by atoms with van der Waals surface area (Å²) < 4.78 is 17.4. The number of fused-ring (bicyclic) bond motifs is 1. The fourth-order valence-electron chi connectivity index (χ4n) is 3.48. The van der Waals surface area contributed by atoms with Crippen molar-refractivity contribution in [3.63, 3.8) is 0 Å². The van der Waals surface area contributed by atoms with Crippen LogP contribution in [-0.4, -0.2) is 56.1 Å². The number of benzene rings is 1. The first kappa shape index (κ1) is 24.7. The van der Waals surface area contributed by atoms with Crippen molar-refractivity contribution in [2.24, 2.45) is 0 Å². The zero-order valence-electron chi connectivity index (χ0n) is 19.7. The van der Waals surface area contributed by atoms with Crippen molar-refractivity contribution in [1.82, 2.24) is 29.4 Å². The van der Waals surface area contributed by atoms with Crippen molar-refractivity contribution in [3.8, 4) is 17.3 Å². The van der Waals surface area contributed by atoms with E-state index in [0.717, 1.165) is 0 Å². The number of halogens is 2. The molecule has 0 saturated carbocycles. The second kappa shape index (κ2) is 10.1. The molecule has 3 heterocycles. The second-order valence-electron chi connectivity index (χ2n) is 8.36. The number of aromatic nitrogens is 4. The van der Waals surface area contributed by atoms with Gasteiger partial charge in [0, 0.05) is 44.3 Å². The Balaban J connectivity index is 1.41. The van der Waals surface area contributed by atoms with Crippen LogP contribution in [0.25, 0.3) is 16.9 Å². The van der Waals surface area contributed by atoms with Gasteiger partial charge in [-0.1, -0.05) is 11.6 Å². The van der Waals surface area contributed by atoms with Crippen LogP contribution in [0, 0.1) is 17.1 Å². The highest BCUT2D eigenvalue weighted by atomic mass is 35.5. The normalized spacial score (nSPS) is 11.7. The van der Waals surface area contributed by atoms with Gasteiger partial charge in [0.15, 0.2) is 0 Å². The summed E-state index contributed by atoms with van der Waals surface area (Å²) in [6, 6.07) is 8.96. The molecule has 1 aromatic carbocycles. The summed E-state index contributed by atoms with van der Waals surface area (Å²) in [5, 5.41) is 19.0. The third kappa shape index (κ3) is 5.29. The van der Waals surface area contributed by atoms with Crippen LogP contribution in [0.4, 0.5) is 14.9 Å².